The average molecular weight is 361 g/mol. The predicted molar refractivity (Wildman–Crippen MR) is 97.9 cm³/mol. The summed E-state index contributed by atoms with van der Waals surface area (Å²) < 4.78 is 5.04. The van der Waals surface area contributed by atoms with Crippen LogP contribution in [0.15, 0.2) is 24.3 Å². The normalized spacial score (nSPS) is 19.3. The number of ether oxygens (including phenoxy) is 1. The third-order valence-corrected chi connectivity index (χ3v) is 4.74. The van der Waals surface area contributed by atoms with Crippen molar-refractivity contribution >= 4 is 17.6 Å². The molecular formula is C19H27N3O4. The fourth-order valence-electron chi connectivity index (χ4n) is 3.17. The van der Waals surface area contributed by atoms with E-state index < -0.39 is 0 Å². The topological polar surface area (TPSA) is 102 Å². The van der Waals surface area contributed by atoms with E-state index in [1.807, 2.05) is 6.92 Å². The van der Waals surface area contributed by atoms with Gasteiger partial charge in [0.15, 0.2) is 5.78 Å². The molecule has 0 spiro atoms. The summed E-state index contributed by atoms with van der Waals surface area (Å²) in [5, 5.41) is 2.58. The van der Waals surface area contributed by atoms with Gasteiger partial charge in [0.2, 0.25) is 11.8 Å². The second-order valence-electron chi connectivity index (χ2n) is 6.66. The van der Waals surface area contributed by atoms with Gasteiger partial charge in [-0.25, -0.2) is 0 Å². The van der Waals surface area contributed by atoms with Crippen LogP contribution in [-0.4, -0.2) is 55.3 Å². The quantitative estimate of drug-likeness (QED) is 0.672. The summed E-state index contributed by atoms with van der Waals surface area (Å²) in [7, 11) is 1.55. The van der Waals surface area contributed by atoms with E-state index in [-0.39, 0.29) is 43.0 Å². The lowest BCUT2D eigenvalue weighted by molar-refractivity contribution is -0.134. The number of hydrogen-bond donors (Lipinski definition) is 2. The van der Waals surface area contributed by atoms with E-state index in [0.717, 1.165) is 6.42 Å². The van der Waals surface area contributed by atoms with Gasteiger partial charge in [-0.05, 0) is 50.1 Å². The minimum absolute atomic E-state index is 0.0370. The number of benzene rings is 1. The van der Waals surface area contributed by atoms with Crippen molar-refractivity contribution < 1.29 is 19.1 Å². The second kappa shape index (κ2) is 9.33. The molecule has 1 heterocycles. The number of likely N-dealkylation sites (tertiary alicyclic amines) is 1. The van der Waals surface area contributed by atoms with Gasteiger partial charge in [0, 0.05) is 31.0 Å². The Morgan fingerprint density at radius 2 is 1.92 bits per heavy atom. The molecule has 2 atom stereocenters. The molecule has 1 aliphatic rings. The maximum atomic E-state index is 12.3. The fraction of sp³-hybridized carbons (Fsp3) is 0.526. The van der Waals surface area contributed by atoms with E-state index in [4.69, 9.17) is 10.5 Å². The van der Waals surface area contributed by atoms with Gasteiger partial charge >= 0.3 is 0 Å². The molecule has 1 aliphatic heterocycles. The van der Waals surface area contributed by atoms with E-state index in [1.165, 1.54) is 0 Å². The summed E-state index contributed by atoms with van der Waals surface area (Å²) in [6, 6.07) is 6.86. The van der Waals surface area contributed by atoms with Crippen LogP contribution in [0.4, 0.5) is 0 Å². The van der Waals surface area contributed by atoms with Crippen LogP contribution in [0.1, 0.15) is 36.5 Å². The molecule has 26 heavy (non-hydrogen) atoms. The molecule has 7 heteroatoms. The number of nitrogens with two attached hydrogens (primary N) is 1. The highest BCUT2D eigenvalue weighted by Gasteiger charge is 2.31. The Hall–Kier alpha value is -2.41. The fourth-order valence-corrected chi connectivity index (χ4v) is 3.17. The Kier molecular flexibility index (Phi) is 7.15. The third kappa shape index (κ3) is 5.29. The van der Waals surface area contributed by atoms with Crippen molar-refractivity contribution in [1.82, 2.24) is 10.2 Å². The Morgan fingerprint density at radius 3 is 2.50 bits per heavy atom. The van der Waals surface area contributed by atoms with Gasteiger partial charge in [0.1, 0.15) is 5.75 Å². The zero-order valence-electron chi connectivity index (χ0n) is 15.4. The highest BCUT2D eigenvalue weighted by atomic mass is 16.5. The van der Waals surface area contributed by atoms with Gasteiger partial charge in [-0.2, -0.15) is 0 Å². The zero-order valence-corrected chi connectivity index (χ0v) is 15.4. The zero-order chi connectivity index (χ0) is 19.1. The highest BCUT2D eigenvalue weighted by Crippen LogP contribution is 2.23. The molecule has 142 valence electrons. The van der Waals surface area contributed by atoms with Crippen LogP contribution in [0.25, 0.3) is 0 Å². The molecule has 2 rings (SSSR count). The van der Waals surface area contributed by atoms with Crippen molar-refractivity contribution in [2.75, 3.05) is 26.7 Å². The first kappa shape index (κ1) is 19.9. The number of ketones is 1. The molecule has 2 amide bonds. The lowest BCUT2D eigenvalue weighted by Gasteiger charge is -2.21. The van der Waals surface area contributed by atoms with Gasteiger partial charge in [-0.15, -0.1) is 0 Å². The van der Waals surface area contributed by atoms with E-state index in [1.54, 1.807) is 36.3 Å². The molecule has 7 nitrogen and oxygen atoms in total. The smallest absolute Gasteiger partial charge is 0.223 e. The Labute approximate surface area is 153 Å². The Morgan fingerprint density at radius 1 is 1.23 bits per heavy atom. The van der Waals surface area contributed by atoms with Crippen molar-refractivity contribution in [3.63, 3.8) is 0 Å². The van der Waals surface area contributed by atoms with Crippen LogP contribution < -0.4 is 15.8 Å². The number of rotatable bonds is 8. The lowest BCUT2D eigenvalue weighted by Crippen LogP contribution is -2.36. The molecule has 2 unspecified atom stereocenters. The molecule has 0 saturated carbocycles. The largest absolute Gasteiger partial charge is 0.497 e. The average Bonchev–Trinajstić information content (AvgIpc) is 3.05. The van der Waals surface area contributed by atoms with Crippen molar-refractivity contribution in [3.8, 4) is 5.75 Å². The number of hydrogen-bond acceptors (Lipinski definition) is 5. The molecule has 0 bridgehead atoms. The minimum atomic E-state index is -0.303. The minimum Gasteiger partial charge on any atom is -0.497 e. The molecule has 1 fully saturated rings. The van der Waals surface area contributed by atoms with Crippen molar-refractivity contribution in [2.45, 2.75) is 32.2 Å². The first-order chi connectivity index (χ1) is 12.4. The summed E-state index contributed by atoms with van der Waals surface area (Å²) in [6.45, 7) is 3.14. The van der Waals surface area contributed by atoms with E-state index in [9.17, 15) is 14.4 Å². The molecule has 3 N–H and O–H groups in total. The van der Waals surface area contributed by atoms with Crippen LogP contribution in [0.5, 0.6) is 5.75 Å². The summed E-state index contributed by atoms with van der Waals surface area (Å²) in [6.07, 6.45) is 1.13. The first-order valence-corrected chi connectivity index (χ1v) is 8.88. The summed E-state index contributed by atoms with van der Waals surface area (Å²) in [5.41, 5.74) is 6.17. The molecule has 0 radical (unpaired) electrons. The number of Topliss-reactive ketones (excluding diaryl/α,β-unsaturated/α-hetero) is 1. The van der Waals surface area contributed by atoms with Crippen molar-refractivity contribution in [1.29, 1.82) is 0 Å². The standard InChI is InChI=1S/C19H27N3O4/c1-13-9-14(10-20)12-22(13)19(25)8-7-18(24)21-11-17(23)15-3-5-16(26-2)6-4-15/h3-6,13-14H,7-12,20H2,1-2H3,(H,21,24). The second-order valence-corrected chi connectivity index (χ2v) is 6.66. The van der Waals surface area contributed by atoms with E-state index in [0.29, 0.717) is 30.3 Å². The van der Waals surface area contributed by atoms with Crippen LogP contribution in [0.2, 0.25) is 0 Å². The highest BCUT2D eigenvalue weighted by molar-refractivity contribution is 5.99. The van der Waals surface area contributed by atoms with E-state index >= 15 is 0 Å². The van der Waals surface area contributed by atoms with Crippen molar-refractivity contribution in [3.05, 3.63) is 29.8 Å². The van der Waals surface area contributed by atoms with E-state index in [2.05, 4.69) is 5.32 Å². The third-order valence-electron chi connectivity index (χ3n) is 4.74. The number of amides is 2. The first-order valence-electron chi connectivity index (χ1n) is 8.88. The maximum Gasteiger partial charge on any atom is 0.223 e. The number of carbonyl (C=O) groups excluding carboxylic acids is 3. The maximum absolute atomic E-state index is 12.3. The number of nitrogens with one attached hydrogen (secondary N) is 1. The van der Waals surface area contributed by atoms with Gasteiger partial charge in [-0.1, -0.05) is 0 Å². The molecule has 1 aromatic rings. The lowest BCUT2D eigenvalue weighted by atomic mass is 10.1. The van der Waals surface area contributed by atoms with Gasteiger partial charge in [0.25, 0.3) is 0 Å². The van der Waals surface area contributed by atoms with Crippen LogP contribution in [-0.2, 0) is 9.59 Å². The monoisotopic (exact) mass is 361 g/mol. The van der Waals surface area contributed by atoms with Gasteiger partial charge in [-0.3, -0.25) is 14.4 Å². The SMILES string of the molecule is COc1ccc(C(=O)CNC(=O)CCC(=O)N2CC(CN)CC2C)cc1. The Balaban J connectivity index is 1.73. The molecule has 1 aromatic carbocycles. The van der Waals surface area contributed by atoms with Crippen LogP contribution in [0.3, 0.4) is 0 Å². The number of carbonyl (C=O) groups is 3. The Bertz CT molecular complexity index is 645. The van der Waals surface area contributed by atoms with Crippen LogP contribution in [0, 0.1) is 5.92 Å². The van der Waals surface area contributed by atoms with Gasteiger partial charge < -0.3 is 20.7 Å². The summed E-state index contributed by atoms with van der Waals surface area (Å²) in [4.78, 5) is 38.1. The molecule has 0 aromatic heterocycles. The molecule has 1 saturated heterocycles. The van der Waals surface area contributed by atoms with Crippen LogP contribution >= 0.6 is 0 Å². The van der Waals surface area contributed by atoms with Gasteiger partial charge in [0.05, 0.1) is 13.7 Å². The predicted octanol–water partition coefficient (Wildman–Crippen LogP) is 0.970. The molecular weight excluding hydrogens is 334 g/mol. The summed E-state index contributed by atoms with van der Waals surface area (Å²) >= 11 is 0. The summed E-state index contributed by atoms with van der Waals surface area (Å²) in [5.74, 6) is 0.473. The number of methoxy groups -OCH3 is 1. The molecule has 0 aliphatic carbocycles. The number of nitrogens with zero attached hydrogens (tertiary/aromatic N) is 1. The van der Waals surface area contributed by atoms with Crippen molar-refractivity contribution in [2.24, 2.45) is 11.7 Å².